The Balaban J connectivity index is 2.30. The minimum absolute atomic E-state index is 0.0507. The van der Waals surface area contributed by atoms with Gasteiger partial charge in [0.2, 0.25) is 0 Å². The van der Waals surface area contributed by atoms with Crippen LogP contribution >= 0.6 is 0 Å². The van der Waals surface area contributed by atoms with Crippen molar-refractivity contribution in [1.82, 2.24) is 0 Å². The van der Waals surface area contributed by atoms with Crippen LogP contribution in [0.1, 0.15) is 36.5 Å². The Labute approximate surface area is 147 Å². The van der Waals surface area contributed by atoms with Gasteiger partial charge in [-0.3, -0.25) is 4.79 Å². The highest BCUT2D eigenvalue weighted by molar-refractivity contribution is 5.77. The number of hydrogen-bond donors (Lipinski definition) is 2. The van der Waals surface area contributed by atoms with Gasteiger partial charge in [-0.2, -0.15) is 0 Å². The minimum atomic E-state index is -0.890. The highest BCUT2D eigenvalue weighted by atomic mass is 16.5. The Morgan fingerprint density at radius 2 is 1.80 bits per heavy atom. The third-order valence-corrected chi connectivity index (χ3v) is 3.99. The third kappa shape index (κ3) is 4.66. The number of aliphatic carboxylic acids is 1. The summed E-state index contributed by atoms with van der Waals surface area (Å²) in [5.74, 6) is -0.425. The molecule has 134 valence electrons. The third-order valence-electron chi connectivity index (χ3n) is 3.99. The van der Waals surface area contributed by atoms with E-state index in [1.54, 1.807) is 18.2 Å². The number of phenolic OH excluding ortho intramolecular Hbond substituents is 1. The molecule has 0 aliphatic carbocycles. The van der Waals surface area contributed by atoms with E-state index in [4.69, 9.17) is 9.47 Å². The first kappa shape index (κ1) is 18.6. The topological polar surface area (TPSA) is 76.0 Å². The standard InChI is InChI=1S/C20H24O5/c1-4-24-15-7-8-16(13(3)10-15)17(20(22)23)11-14-6-9-18(21)19(12-14)25-5-2/h6-10,12,17,21H,4-5,11H2,1-3H3,(H,22,23). The van der Waals surface area contributed by atoms with Crippen molar-refractivity contribution in [2.75, 3.05) is 13.2 Å². The van der Waals surface area contributed by atoms with Crippen LogP contribution in [0.3, 0.4) is 0 Å². The number of carbonyl (C=O) groups is 1. The van der Waals surface area contributed by atoms with Crippen LogP contribution < -0.4 is 9.47 Å². The number of aryl methyl sites for hydroxylation is 1. The number of carboxylic acids is 1. The first-order valence-corrected chi connectivity index (χ1v) is 8.37. The molecule has 0 heterocycles. The quantitative estimate of drug-likeness (QED) is 0.759. The molecule has 0 aliphatic heterocycles. The summed E-state index contributed by atoms with van der Waals surface area (Å²) < 4.78 is 10.8. The van der Waals surface area contributed by atoms with E-state index in [-0.39, 0.29) is 5.75 Å². The van der Waals surface area contributed by atoms with Crippen LogP contribution in [0.5, 0.6) is 17.2 Å². The van der Waals surface area contributed by atoms with Gasteiger partial charge in [-0.1, -0.05) is 12.1 Å². The number of carboxylic acid groups (broad SMARTS) is 1. The zero-order valence-corrected chi connectivity index (χ0v) is 14.8. The van der Waals surface area contributed by atoms with Crippen molar-refractivity contribution in [3.63, 3.8) is 0 Å². The van der Waals surface area contributed by atoms with Crippen molar-refractivity contribution in [2.24, 2.45) is 0 Å². The maximum Gasteiger partial charge on any atom is 0.311 e. The van der Waals surface area contributed by atoms with Crippen LogP contribution in [0, 0.1) is 6.92 Å². The molecule has 0 saturated heterocycles. The Bertz CT molecular complexity index is 739. The van der Waals surface area contributed by atoms with Gasteiger partial charge in [-0.25, -0.2) is 0 Å². The molecule has 2 N–H and O–H groups in total. The van der Waals surface area contributed by atoms with Crippen LogP contribution in [0.15, 0.2) is 36.4 Å². The van der Waals surface area contributed by atoms with Gasteiger partial charge in [0.1, 0.15) is 5.75 Å². The summed E-state index contributed by atoms with van der Waals surface area (Å²) >= 11 is 0. The van der Waals surface area contributed by atoms with E-state index >= 15 is 0 Å². The molecule has 5 nitrogen and oxygen atoms in total. The van der Waals surface area contributed by atoms with Crippen molar-refractivity contribution < 1.29 is 24.5 Å². The molecule has 0 fully saturated rings. The highest BCUT2D eigenvalue weighted by Gasteiger charge is 2.23. The van der Waals surface area contributed by atoms with Crippen LogP contribution in [0.2, 0.25) is 0 Å². The summed E-state index contributed by atoms with van der Waals surface area (Å²) in [4.78, 5) is 11.8. The van der Waals surface area contributed by atoms with Crippen LogP contribution in [0.4, 0.5) is 0 Å². The molecule has 0 aliphatic rings. The van der Waals surface area contributed by atoms with E-state index in [0.29, 0.717) is 25.4 Å². The van der Waals surface area contributed by atoms with E-state index in [1.165, 1.54) is 6.07 Å². The van der Waals surface area contributed by atoms with Gasteiger partial charge in [-0.15, -0.1) is 0 Å². The van der Waals surface area contributed by atoms with Crippen molar-refractivity contribution in [2.45, 2.75) is 33.1 Å². The maximum absolute atomic E-state index is 11.8. The van der Waals surface area contributed by atoms with Crippen LogP contribution in [0.25, 0.3) is 0 Å². The lowest BCUT2D eigenvalue weighted by molar-refractivity contribution is -0.138. The predicted molar refractivity (Wildman–Crippen MR) is 95.7 cm³/mol. The van der Waals surface area contributed by atoms with E-state index in [0.717, 1.165) is 22.4 Å². The fourth-order valence-electron chi connectivity index (χ4n) is 2.82. The van der Waals surface area contributed by atoms with Crippen LogP contribution in [-0.2, 0) is 11.2 Å². The minimum Gasteiger partial charge on any atom is -0.504 e. The lowest BCUT2D eigenvalue weighted by Gasteiger charge is -2.17. The Morgan fingerprint density at radius 1 is 1.08 bits per heavy atom. The first-order valence-electron chi connectivity index (χ1n) is 8.37. The zero-order valence-electron chi connectivity index (χ0n) is 14.8. The van der Waals surface area contributed by atoms with Crippen molar-refractivity contribution in [3.05, 3.63) is 53.1 Å². The van der Waals surface area contributed by atoms with Crippen molar-refractivity contribution in [1.29, 1.82) is 0 Å². The van der Waals surface area contributed by atoms with E-state index < -0.39 is 11.9 Å². The molecule has 2 aromatic carbocycles. The van der Waals surface area contributed by atoms with E-state index in [1.807, 2.05) is 32.9 Å². The number of benzene rings is 2. The molecule has 0 bridgehead atoms. The zero-order chi connectivity index (χ0) is 18.4. The summed E-state index contributed by atoms with van der Waals surface area (Å²) in [6.07, 6.45) is 0.310. The average Bonchev–Trinajstić information content (AvgIpc) is 2.56. The fourth-order valence-corrected chi connectivity index (χ4v) is 2.82. The Kier molecular flexibility index (Phi) is 6.28. The molecular formula is C20H24O5. The van der Waals surface area contributed by atoms with Gasteiger partial charge in [0, 0.05) is 0 Å². The second kappa shape index (κ2) is 8.42. The summed E-state index contributed by atoms with van der Waals surface area (Å²) in [5.41, 5.74) is 2.42. The summed E-state index contributed by atoms with van der Waals surface area (Å²) in [7, 11) is 0. The first-order chi connectivity index (χ1) is 12.0. The number of rotatable bonds is 8. The monoisotopic (exact) mass is 344 g/mol. The predicted octanol–water partition coefficient (Wildman–Crippen LogP) is 3.91. The smallest absolute Gasteiger partial charge is 0.311 e. The Morgan fingerprint density at radius 3 is 2.40 bits per heavy atom. The maximum atomic E-state index is 11.8. The lowest BCUT2D eigenvalue weighted by atomic mass is 9.89. The number of phenols is 1. The molecular weight excluding hydrogens is 320 g/mol. The van der Waals surface area contributed by atoms with Gasteiger partial charge < -0.3 is 19.7 Å². The molecule has 25 heavy (non-hydrogen) atoms. The van der Waals surface area contributed by atoms with E-state index in [9.17, 15) is 15.0 Å². The molecule has 1 unspecified atom stereocenters. The molecule has 5 heteroatoms. The number of aromatic hydroxyl groups is 1. The summed E-state index contributed by atoms with van der Waals surface area (Å²) in [6.45, 7) is 6.61. The second-order valence-electron chi connectivity index (χ2n) is 5.78. The molecule has 2 rings (SSSR count). The average molecular weight is 344 g/mol. The molecule has 0 aromatic heterocycles. The molecule has 0 amide bonds. The number of hydrogen-bond acceptors (Lipinski definition) is 4. The molecule has 0 radical (unpaired) electrons. The highest BCUT2D eigenvalue weighted by Crippen LogP contribution is 2.31. The number of ether oxygens (including phenoxy) is 2. The van der Waals surface area contributed by atoms with Crippen molar-refractivity contribution >= 4 is 5.97 Å². The van der Waals surface area contributed by atoms with E-state index in [2.05, 4.69) is 0 Å². The molecule has 0 spiro atoms. The SMILES string of the molecule is CCOc1ccc(C(Cc2ccc(O)c(OCC)c2)C(=O)O)c(C)c1. The van der Waals surface area contributed by atoms with Gasteiger partial charge >= 0.3 is 5.97 Å². The normalized spacial score (nSPS) is 11.8. The van der Waals surface area contributed by atoms with Crippen molar-refractivity contribution in [3.8, 4) is 17.2 Å². The Hall–Kier alpha value is -2.69. The molecule has 0 saturated carbocycles. The van der Waals surface area contributed by atoms with Gasteiger partial charge in [0.05, 0.1) is 19.1 Å². The summed E-state index contributed by atoms with van der Waals surface area (Å²) in [6, 6.07) is 10.4. The van der Waals surface area contributed by atoms with Gasteiger partial charge in [0.15, 0.2) is 11.5 Å². The van der Waals surface area contributed by atoms with Gasteiger partial charge in [-0.05, 0) is 68.1 Å². The molecule has 2 aromatic rings. The fraction of sp³-hybridized carbons (Fsp3) is 0.350. The summed E-state index contributed by atoms with van der Waals surface area (Å²) in [5, 5.41) is 19.5. The van der Waals surface area contributed by atoms with Crippen LogP contribution in [-0.4, -0.2) is 29.4 Å². The second-order valence-corrected chi connectivity index (χ2v) is 5.78. The van der Waals surface area contributed by atoms with Gasteiger partial charge in [0.25, 0.3) is 0 Å². The largest absolute Gasteiger partial charge is 0.504 e. The lowest BCUT2D eigenvalue weighted by Crippen LogP contribution is -2.16. The molecule has 1 atom stereocenters.